The molecule has 29 heavy (non-hydrogen) atoms. The van der Waals surface area contributed by atoms with Crippen molar-refractivity contribution in [1.29, 1.82) is 0 Å². The van der Waals surface area contributed by atoms with Crippen molar-refractivity contribution in [2.24, 2.45) is 0 Å². The zero-order valence-electron chi connectivity index (χ0n) is 17.2. The standard InChI is InChI=1S/C24H22N4.Mg/c1-13-17-5-7-19(25-17)14(2)21-9-11-23(27-21)16(4)24-12-10-22(28-24)15(3)20-8-6-18(13)26-20;/h5-12,25-26H,1-4H3;. The van der Waals surface area contributed by atoms with Crippen LogP contribution in [0, 0.1) is 27.7 Å². The average Bonchev–Trinajstić information content (AvgIpc) is 3.49. The van der Waals surface area contributed by atoms with Crippen molar-refractivity contribution in [1.82, 2.24) is 19.9 Å². The molecule has 5 rings (SSSR count). The molecule has 5 heterocycles. The molecule has 0 atom stereocenters. The smallest absolute Gasteiger partial charge is 0.0688 e. The van der Waals surface area contributed by atoms with Gasteiger partial charge in [0.25, 0.3) is 0 Å². The Morgan fingerprint density at radius 1 is 0.483 bits per heavy atom. The van der Waals surface area contributed by atoms with Crippen molar-refractivity contribution in [3.8, 4) is 0 Å². The first-order chi connectivity index (χ1) is 13.5. The molecule has 2 N–H and O–H groups in total. The van der Waals surface area contributed by atoms with Gasteiger partial charge in [0.2, 0.25) is 0 Å². The van der Waals surface area contributed by atoms with Gasteiger partial charge in [-0.3, -0.25) is 0 Å². The van der Waals surface area contributed by atoms with Crippen LogP contribution >= 0.6 is 0 Å². The van der Waals surface area contributed by atoms with Crippen LogP contribution in [-0.2, 0) is 0 Å². The van der Waals surface area contributed by atoms with Crippen LogP contribution in [0.3, 0.4) is 0 Å². The second-order valence-corrected chi connectivity index (χ2v) is 7.50. The van der Waals surface area contributed by atoms with Crippen LogP contribution in [0.5, 0.6) is 0 Å². The largest absolute Gasteiger partial charge is 0.355 e. The Morgan fingerprint density at radius 3 is 1.17 bits per heavy atom. The molecule has 3 aromatic rings. The summed E-state index contributed by atoms with van der Waals surface area (Å²) in [5.41, 5.74) is 12.9. The molecule has 0 unspecified atom stereocenters. The van der Waals surface area contributed by atoms with E-state index in [0.717, 1.165) is 61.5 Å². The lowest BCUT2D eigenvalue weighted by Crippen LogP contribution is -1.88. The molecule has 0 saturated heterocycles. The maximum atomic E-state index is 4.86. The highest BCUT2D eigenvalue weighted by molar-refractivity contribution is 5.82. The van der Waals surface area contributed by atoms with E-state index in [1.165, 1.54) is 5.56 Å². The first-order valence-corrected chi connectivity index (χ1v) is 9.54. The molecule has 0 aliphatic carbocycles. The fraction of sp³-hybridized carbons (Fsp3) is 0.167. The third-order valence-electron chi connectivity index (χ3n) is 5.80. The minimum atomic E-state index is 0. The molecule has 140 valence electrons. The van der Waals surface area contributed by atoms with Gasteiger partial charge in [0, 0.05) is 50.7 Å². The topological polar surface area (TPSA) is 57.4 Å². The fourth-order valence-electron chi connectivity index (χ4n) is 3.78. The molecule has 0 aromatic carbocycles. The van der Waals surface area contributed by atoms with E-state index in [4.69, 9.17) is 9.97 Å². The van der Waals surface area contributed by atoms with Gasteiger partial charge < -0.3 is 9.97 Å². The summed E-state index contributed by atoms with van der Waals surface area (Å²) >= 11 is 0. The highest BCUT2D eigenvalue weighted by Gasteiger charge is 2.11. The van der Waals surface area contributed by atoms with Crippen molar-refractivity contribution in [3.63, 3.8) is 0 Å². The first-order valence-electron chi connectivity index (χ1n) is 9.54. The van der Waals surface area contributed by atoms with Crippen LogP contribution in [0.4, 0.5) is 0 Å². The predicted molar refractivity (Wildman–Crippen MR) is 124 cm³/mol. The van der Waals surface area contributed by atoms with E-state index in [1.54, 1.807) is 0 Å². The minimum Gasteiger partial charge on any atom is -0.355 e. The van der Waals surface area contributed by atoms with Crippen LogP contribution in [-0.4, -0.2) is 43.0 Å². The third-order valence-corrected chi connectivity index (χ3v) is 5.80. The molecule has 2 aliphatic rings. The summed E-state index contributed by atoms with van der Waals surface area (Å²) in [6.07, 6.45) is 8.33. The minimum absolute atomic E-state index is 0. The number of aryl methyl sites for hydroxylation is 3. The summed E-state index contributed by atoms with van der Waals surface area (Å²) < 4.78 is 0. The molecule has 0 amide bonds. The zero-order chi connectivity index (χ0) is 19.4. The van der Waals surface area contributed by atoms with Crippen LogP contribution in [0.1, 0.15) is 45.0 Å². The monoisotopic (exact) mass is 390 g/mol. The van der Waals surface area contributed by atoms with Gasteiger partial charge in [-0.05, 0) is 93.0 Å². The lowest BCUT2D eigenvalue weighted by Gasteiger charge is -1.97. The quantitative estimate of drug-likeness (QED) is 0.343. The van der Waals surface area contributed by atoms with E-state index in [2.05, 4.69) is 86.2 Å². The van der Waals surface area contributed by atoms with Crippen molar-refractivity contribution in [3.05, 3.63) is 69.3 Å². The third kappa shape index (κ3) is 3.24. The maximum absolute atomic E-state index is 4.86. The number of H-pyrrole nitrogens is 2. The fourth-order valence-corrected chi connectivity index (χ4v) is 3.78. The Hall–Kier alpha value is -2.63. The van der Waals surface area contributed by atoms with E-state index >= 15 is 0 Å². The molecule has 0 saturated carbocycles. The second-order valence-electron chi connectivity index (χ2n) is 7.50. The summed E-state index contributed by atoms with van der Waals surface area (Å²) in [7, 11) is 0. The maximum Gasteiger partial charge on any atom is 0.0688 e. The lowest BCUT2D eigenvalue weighted by atomic mass is 10.2. The van der Waals surface area contributed by atoms with Gasteiger partial charge in [0.15, 0.2) is 0 Å². The molecule has 5 heteroatoms. The van der Waals surface area contributed by atoms with Crippen LogP contribution in [0.2, 0.25) is 0 Å². The molecule has 0 spiro atoms. The Kier molecular flexibility index (Phi) is 4.96. The summed E-state index contributed by atoms with van der Waals surface area (Å²) in [6.45, 7) is 8.44. The van der Waals surface area contributed by atoms with Crippen LogP contribution < -0.4 is 0 Å². The molecule has 2 aliphatic heterocycles. The van der Waals surface area contributed by atoms with Crippen molar-refractivity contribution in [2.75, 3.05) is 0 Å². The normalized spacial score (nSPS) is 12.3. The highest BCUT2D eigenvalue weighted by atomic mass is 24.3. The number of hydrogen-bond acceptors (Lipinski definition) is 2. The zero-order valence-corrected chi connectivity index (χ0v) is 18.6. The Morgan fingerprint density at radius 2 is 0.793 bits per heavy atom. The average molecular weight is 391 g/mol. The highest BCUT2D eigenvalue weighted by Crippen LogP contribution is 2.25. The van der Waals surface area contributed by atoms with Gasteiger partial charge in [0.1, 0.15) is 0 Å². The number of hydrogen-bond donors (Lipinski definition) is 2. The van der Waals surface area contributed by atoms with Gasteiger partial charge >= 0.3 is 0 Å². The Balaban J connectivity index is 0.00000205. The van der Waals surface area contributed by atoms with Gasteiger partial charge in [-0.15, -0.1) is 0 Å². The lowest BCUT2D eigenvalue weighted by molar-refractivity contribution is 1.19. The molecule has 4 nitrogen and oxygen atoms in total. The van der Waals surface area contributed by atoms with Crippen molar-refractivity contribution >= 4 is 69.4 Å². The number of nitrogens with zero attached hydrogens (tertiary/aromatic N) is 2. The molecular formula is C24H22MgN4. The van der Waals surface area contributed by atoms with Crippen molar-refractivity contribution in [2.45, 2.75) is 27.7 Å². The van der Waals surface area contributed by atoms with Gasteiger partial charge in [-0.1, -0.05) is 0 Å². The first kappa shape index (κ1) is 19.7. The Bertz CT molecular complexity index is 1250. The number of fused-ring (bicyclic) bond motifs is 8. The number of nitrogens with one attached hydrogen (secondary N) is 2. The van der Waals surface area contributed by atoms with Crippen molar-refractivity contribution < 1.29 is 0 Å². The molecule has 2 radical (unpaired) electrons. The summed E-state index contributed by atoms with van der Waals surface area (Å²) in [6, 6.07) is 8.52. The molecular weight excluding hydrogens is 369 g/mol. The van der Waals surface area contributed by atoms with E-state index < -0.39 is 0 Å². The molecule has 3 aromatic heterocycles. The molecule has 8 bridgehead atoms. The summed E-state index contributed by atoms with van der Waals surface area (Å²) in [5.74, 6) is 0. The summed E-state index contributed by atoms with van der Waals surface area (Å²) in [4.78, 5) is 16.8. The SMILES string of the molecule is Cc1c2nc(c(C)c3ccc([nH]3)c(C)c3ccc([nH]3)c(C)c3nc1C=C3)C=C2.[Mg]. The Labute approximate surface area is 186 Å². The number of rotatable bonds is 0. The number of aromatic amines is 2. The van der Waals surface area contributed by atoms with Crippen LogP contribution in [0.15, 0.2) is 24.3 Å². The molecule has 0 fully saturated rings. The van der Waals surface area contributed by atoms with E-state index in [9.17, 15) is 0 Å². The van der Waals surface area contributed by atoms with Gasteiger partial charge in [0.05, 0.1) is 22.8 Å². The second kappa shape index (κ2) is 7.32. The van der Waals surface area contributed by atoms with E-state index in [-0.39, 0.29) is 23.1 Å². The van der Waals surface area contributed by atoms with E-state index in [1.807, 2.05) is 0 Å². The summed E-state index contributed by atoms with van der Waals surface area (Å²) in [5, 5.41) is 0. The van der Waals surface area contributed by atoms with Crippen LogP contribution in [0.25, 0.3) is 46.4 Å². The predicted octanol–water partition coefficient (Wildman–Crippen LogP) is 5.51. The van der Waals surface area contributed by atoms with Gasteiger partial charge in [-0.25, -0.2) is 9.97 Å². The van der Waals surface area contributed by atoms with Gasteiger partial charge in [-0.2, -0.15) is 0 Å². The number of aromatic nitrogens is 4. The van der Waals surface area contributed by atoms with E-state index in [0.29, 0.717) is 0 Å².